The number of rotatable bonds is 5. The molecule has 0 fully saturated rings. The van der Waals surface area contributed by atoms with Crippen LogP contribution >= 0.6 is 0 Å². The van der Waals surface area contributed by atoms with E-state index in [-0.39, 0.29) is 14.5 Å². The summed E-state index contributed by atoms with van der Waals surface area (Å²) in [6.45, 7) is 0. The Bertz CT molecular complexity index is 2410. The zero-order valence-corrected chi connectivity index (χ0v) is 26.8. The molecule has 0 aliphatic heterocycles. The molecular weight excluding hydrogens is 621 g/mol. The molecule has 0 N–H and O–H groups in total. The molecule has 0 spiro atoms. The van der Waals surface area contributed by atoms with Gasteiger partial charge >= 0.3 is 239 Å². The van der Waals surface area contributed by atoms with E-state index in [0.29, 0.717) is 0 Å². The molecule has 0 saturated carbocycles. The Morgan fingerprint density at radius 2 is 0.848 bits per heavy atom. The second kappa shape index (κ2) is 11.2. The van der Waals surface area contributed by atoms with Crippen LogP contribution < -0.4 is 4.90 Å². The minimum absolute atomic E-state index is 0.274. The molecule has 1 heterocycles. The Morgan fingerprint density at radius 1 is 0.348 bits per heavy atom. The summed E-state index contributed by atoms with van der Waals surface area (Å²) < 4.78 is 2.98. The molecule has 1 aromatic heterocycles. The molecule has 0 radical (unpaired) electrons. The van der Waals surface area contributed by atoms with Gasteiger partial charge in [0.15, 0.2) is 0 Å². The predicted octanol–water partition coefficient (Wildman–Crippen LogP) is 12.2. The summed E-state index contributed by atoms with van der Waals surface area (Å²) in [5, 5.41) is 8.08. The van der Waals surface area contributed by atoms with Gasteiger partial charge in [0.25, 0.3) is 0 Å². The molecule has 0 unspecified atom stereocenters. The van der Waals surface area contributed by atoms with E-state index >= 15 is 0 Å². The van der Waals surface area contributed by atoms with Crippen LogP contribution in [0.25, 0.3) is 63.1 Å². The van der Waals surface area contributed by atoms with Crippen LogP contribution in [0, 0.1) is 0 Å². The van der Waals surface area contributed by atoms with Crippen molar-refractivity contribution in [2.45, 2.75) is 0 Å². The average molecular weight is 651 g/mol. The van der Waals surface area contributed by atoms with Gasteiger partial charge in [0, 0.05) is 0 Å². The van der Waals surface area contributed by atoms with Crippen molar-refractivity contribution in [1.82, 2.24) is 0 Å². The van der Waals surface area contributed by atoms with Crippen molar-refractivity contribution in [3.8, 4) is 22.3 Å². The van der Waals surface area contributed by atoms with Crippen molar-refractivity contribution in [3.05, 3.63) is 176 Å². The molecule has 0 aliphatic carbocycles. The van der Waals surface area contributed by atoms with Gasteiger partial charge in [-0.3, -0.25) is 0 Å². The minimum Gasteiger partial charge on any atom is -0.0617 e. The molecule has 0 atom stereocenters. The normalized spacial score (nSPS) is 11.5. The molecule has 0 bridgehead atoms. The van der Waals surface area contributed by atoms with Crippen LogP contribution in [0.1, 0.15) is 0 Å². The monoisotopic (exact) mass is 651 g/mol. The molecule has 0 aliphatic rings. The van der Waals surface area contributed by atoms with Crippen molar-refractivity contribution in [2.24, 2.45) is 0 Å². The van der Waals surface area contributed by atoms with E-state index in [1.54, 1.807) is 0 Å². The quantitative estimate of drug-likeness (QED) is 0.132. The first-order valence-electron chi connectivity index (χ1n) is 15.7. The van der Waals surface area contributed by atoms with E-state index in [9.17, 15) is 0 Å². The zero-order valence-electron chi connectivity index (χ0n) is 25.1. The average Bonchev–Trinajstić information content (AvgIpc) is 3.52. The summed E-state index contributed by atoms with van der Waals surface area (Å²) in [6.07, 6.45) is 0. The van der Waals surface area contributed by atoms with Gasteiger partial charge in [-0.25, -0.2) is 0 Å². The molecule has 46 heavy (non-hydrogen) atoms. The molecule has 9 aromatic rings. The Labute approximate surface area is 274 Å². The second-order valence-corrected chi connectivity index (χ2v) is 14.0. The SMILES string of the molecule is c1ccc(-c2ccc(N(c3ccc(-c4ccccc4)cc3)c3ccc4ccc5ccc6c7ccccc7[se]c6c5c4c3)cc2)cc1. The number of hydrogen-bond acceptors (Lipinski definition) is 1. The fraction of sp³-hybridized carbons (Fsp3) is 0. The summed E-state index contributed by atoms with van der Waals surface area (Å²) in [7, 11) is 0. The van der Waals surface area contributed by atoms with E-state index in [4.69, 9.17) is 0 Å². The molecule has 1 nitrogen and oxygen atoms in total. The fourth-order valence-electron chi connectivity index (χ4n) is 6.76. The molecule has 9 rings (SSSR count). The van der Waals surface area contributed by atoms with Crippen LogP contribution in [0.4, 0.5) is 17.1 Å². The van der Waals surface area contributed by atoms with Crippen LogP contribution in [0.15, 0.2) is 176 Å². The van der Waals surface area contributed by atoms with Crippen LogP contribution in [-0.2, 0) is 0 Å². The minimum atomic E-state index is 0.274. The van der Waals surface area contributed by atoms with Gasteiger partial charge in [0.05, 0.1) is 0 Å². The maximum absolute atomic E-state index is 2.41. The molecule has 8 aromatic carbocycles. The summed E-state index contributed by atoms with van der Waals surface area (Å²) >= 11 is 0.274. The van der Waals surface area contributed by atoms with Crippen molar-refractivity contribution < 1.29 is 0 Å². The van der Waals surface area contributed by atoms with Crippen LogP contribution in [0.2, 0.25) is 0 Å². The molecule has 0 saturated heterocycles. The molecule has 216 valence electrons. The Hall–Kier alpha value is -5.40. The number of fused-ring (bicyclic) bond motifs is 7. The second-order valence-electron chi connectivity index (χ2n) is 11.8. The smallest absolute Gasteiger partial charge is 0.0617 e. The van der Waals surface area contributed by atoms with Gasteiger partial charge in [-0.15, -0.1) is 0 Å². The number of anilines is 3. The third-order valence-electron chi connectivity index (χ3n) is 9.05. The third kappa shape index (κ3) is 4.63. The van der Waals surface area contributed by atoms with Crippen LogP contribution in [0.5, 0.6) is 0 Å². The fourth-order valence-corrected chi connectivity index (χ4v) is 9.43. The van der Waals surface area contributed by atoms with Gasteiger partial charge < -0.3 is 0 Å². The van der Waals surface area contributed by atoms with E-state index in [0.717, 1.165) is 17.1 Å². The summed E-state index contributed by atoms with van der Waals surface area (Å²) in [6, 6.07) is 64.2. The van der Waals surface area contributed by atoms with Crippen LogP contribution in [0.3, 0.4) is 0 Å². The van der Waals surface area contributed by atoms with Crippen molar-refractivity contribution >= 4 is 72.4 Å². The van der Waals surface area contributed by atoms with Gasteiger partial charge in [-0.2, -0.15) is 0 Å². The summed E-state index contributed by atoms with van der Waals surface area (Å²) in [5.41, 5.74) is 8.29. The van der Waals surface area contributed by atoms with Gasteiger partial charge in [0.1, 0.15) is 0 Å². The first kappa shape index (κ1) is 27.0. The van der Waals surface area contributed by atoms with Gasteiger partial charge in [-0.1, -0.05) is 36.4 Å². The Balaban J connectivity index is 1.24. The first-order valence-corrected chi connectivity index (χ1v) is 17.4. The van der Waals surface area contributed by atoms with E-state index in [2.05, 4.69) is 181 Å². The number of nitrogens with zero attached hydrogens (tertiary/aromatic N) is 1. The Morgan fingerprint density at radius 3 is 1.50 bits per heavy atom. The molecular formula is C44H29NSe. The molecule has 2 heteroatoms. The van der Waals surface area contributed by atoms with E-state index in [1.807, 2.05) is 0 Å². The standard InChI is InChI=1S/C44H29NSe/c1-3-9-30(10-4-1)32-17-23-36(24-18-32)45(37-25-19-33(20-26-37)31-11-5-2-6-12-31)38-27-21-34-15-16-35-22-28-40-39-13-7-8-14-42(39)46-44(40)43(35)41(34)29-38/h1-29H. The van der Waals surface area contributed by atoms with Gasteiger partial charge in [0.2, 0.25) is 0 Å². The summed E-state index contributed by atoms with van der Waals surface area (Å²) in [4.78, 5) is 2.39. The molecule has 0 amide bonds. The topological polar surface area (TPSA) is 3.24 Å². The van der Waals surface area contributed by atoms with Crippen molar-refractivity contribution in [3.63, 3.8) is 0 Å². The first-order chi connectivity index (χ1) is 22.8. The van der Waals surface area contributed by atoms with E-state index in [1.165, 1.54) is 63.1 Å². The number of hydrogen-bond donors (Lipinski definition) is 0. The predicted molar refractivity (Wildman–Crippen MR) is 199 cm³/mol. The Kier molecular flexibility index (Phi) is 6.56. The van der Waals surface area contributed by atoms with Crippen molar-refractivity contribution in [1.29, 1.82) is 0 Å². The van der Waals surface area contributed by atoms with Crippen molar-refractivity contribution in [2.75, 3.05) is 4.90 Å². The van der Waals surface area contributed by atoms with E-state index < -0.39 is 0 Å². The van der Waals surface area contributed by atoms with Gasteiger partial charge in [-0.05, 0) is 0 Å². The van der Waals surface area contributed by atoms with Crippen LogP contribution in [-0.4, -0.2) is 14.5 Å². The maximum atomic E-state index is 2.41. The number of benzene rings is 8. The zero-order chi connectivity index (χ0) is 30.5. The third-order valence-corrected chi connectivity index (χ3v) is 11.6. The summed E-state index contributed by atoms with van der Waals surface area (Å²) in [5.74, 6) is 0.